The van der Waals surface area contributed by atoms with Crippen LogP contribution in [0.5, 0.6) is 0 Å². The number of benzene rings is 2. The molecule has 1 aliphatic heterocycles. The van der Waals surface area contributed by atoms with E-state index in [0.717, 1.165) is 19.6 Å². The van der Waals surface area contributed by atoms with E-state index >= 15 is 0 Å². The zero-order valence-corrected chi connectivity index (χ0v) is 15.7. The average molecular weight is 348 g/mol. The van der Waals surface area contributed by atoms with E-state index < -0.39 is 0 Å². The van der Waals surface area contributed by atoms with Crippen molar-refractivity contribution in [1.29, 1.82) is 0 Å². The highest BCUT2D eigenvalue weighted by atomic mass is 15.1. The Morgan fingerprint density at radius 1 is 1.04 bits per heavy atom. The van der Waals surface area contributed by atoms with Crippen LogP contribution in [0.25, 0.3) is 22.2 Å². The molecule has 0 atom stereocenters. The molecule has 26 heavy (non-hydrogen) atoms. The summed E-state index contributed by atoms with van der Waals surface area (Å²) < 4.78 is 0. The lowest BCUT2D eigenvalue weighted by Crippen LogP contribution is -2.42. The molecule has 1 saturated heterocycles. The standard InChI is InChI=1S/C23H29N3/c1-2-3-13-24-20-11-14-26(15-12-20)21-9-6-8-18(16-21)23-17-19-7-4-5-10-22(19)25-23/h4-10,16-17,20,24-25H,2-3,11-15H2,1H3. The van der Waals surface area contributed by atoms with E-state index in [4.69, 9.17) is 0 Å². The lowest BCUT2D eigenvalue weighted by atomic mass is 10.0. The Morgan fingerprint density at radius 2 is 1.88 bits per heavy atom. The molecule has 2 aromatic carbocycles. The van der Waals surface area contributed by atoms with Crippen molar-refractivity contribution >= 4 is 16.6 Å². The summed E-state index contributed by atoms with van der Waals surface area (Å²) in [5, 5.41) is 4.99. The Balaban J connectivity index is 1.45. The molecule has 4 rings (SSSR count). The van der Waals surface area contributed by atoms with E-state index in [1.54, 1.807) is 0 Å². The van der Waals surface area contributed by atoms with E-state index in [-0.39, 0.29) is 0 Å². The first-order chi connectivity index (χ1) is 12.8. The first-order valence-electron chi connectivity index (χ1n) is 10.00. The van der Waals surface area contributed by atoms with Crippen LogP contribution < -0.4 is 10.2 Å². The molecular formula is C23H29N3. The Labute approximate surface area is 156 Å². The van der Waals surface area contributed by atoms with Crippen LogP contribution in [0, 0.1) is 0 Å². The normalized spacial score (nSPS) is 15.7. The third-order valence-electron chi connectivity index (χ3n) is 5.51. The third kappa shape index (κ3) is 3.78. The van der Waals surface area contributed by atoms with E-state index in [1.165, 1.54) is 53.5 Å². The number of hydrogen-bond acceptors (Lipinski definition) is 2. The summed E-state index contributed by atoms with van der Waals surface area (Å²) in [5.41, 5.74) is 5.01. The molecule has 0 saturated carbocycles. The number of aromatic amines is 1. The molecule has 2 heterocycles. The maximum Gasteiger partial charge on any atom is 0.0465 e. The second-order valence-electron chi connectivity index (χ2n) is 7.39. The van der Waals surface area contributed by atoms with Gasteiger partial charge in [0, 0.05) is 41.4 Å². The summed E-state index contributed by atoms with van der Waals surface area (Å²) in [6.07, 6.45) is 5.03. The Hall–Kier alpha value is -2.26. The van der Waals surface area contributed by atoms with Crippen LogP contribution >= 0.6 is 0 Å². The SMILES string of the molecule is CCCCNC1CCN(c2cccc(-c3cc4ccccc4[nH]3)c2)CC1. The van der Waals surface area contributed by atoms with Gasteiger partial charge in [-0.25, -0.2) is 0 Å². The number of para-hydroxylation sites is 1. The quantitative estimate of drug-likeness (QED) is 0.601. The number of aromatic nitrogens is 1. The molecule has 0 radical (unpaired) electrons. The minimum atomic E-state index is 0.690. The molecule has 3 nitrogen and oxygen atoms in total. The van der Waals surface area contributed by atoms with Gasteiger partial charge in [-0.15, -0.1) is 0 Å². The topological polar surface area (TPSA) is 31.1 Å². The van der Waals surface area contributed by atoms with Crippen LogP contribution in [0.2, 0.25) is 0 Å². The van der Waals surface area contributed by atoms with E-state index in [0.29, 0.717) is 6.04 Å². The van der Waals surface area contributed by atoms with Crippen molar-refractivity contribution in [3.05, 3.63) is 54.6 Å². The fourth-order valence-electron chi connectivity index (χ4n) is 3.92. The van der Waals surface area contributed by atoms with Gasteiger partial charge in [-0.3, -0.25) is 0 Å². The van der Waals surface area contributed by atoms with Gasteiger partial charge in [-0.05, 0) is 55.6 Å². The van der Waals surface area contributed by atoms with Gasteiger partial charge in [-0.2, -0.15) is 0 Å². The van der Waals surface area contributed by atoms with Crippen molar-refractivity contribution in [3.8, 4) is 11.3 Å². The molecule has 1 aromatic heterocycles. The lowest BCUT2D eigenvalue weighted by Gasteiger charge is -2.34. The second-order valence-corrected chi connectivity index (χ2v) is 7.39. The number of hydrogen-bond donors (Lipinski definition) is 2. The van der Waals surface area contributed by atoms with E-state index in [9.17, 15) is 0 Å². The summed E-state index contributed by atoms with van der Waals surface area (Å²) in [6, 6.07) is 20.4. The predicted molar refractivity (Wildman–Crippen MR) is 112 cm³/mol. The van der Waals surface area contributed by atoms with Crippen LogP contribution in [0.3, 0.4) is 0 Å². The fraction of sp³-hybridized carbons (Fsp3) is 0.391. The van der Waals surface area contributed by atoms with Gasteiger partial charge in [0.2, 0.25) is 0 Å². The molecule has 0 bridgehead atoms. The van der Waals surface area contributed by atoms with E-state index in [2.05, 4.69) is 76.7 Å². The van der Waals surface area contributed by atoms with Crippen LogP contribution in [0.15, 0.2) is 54.6 Å². The minimum Gasteiger partial charge on any atom is -0.371 e. The summed E-state index contributed by atoms with van der Waals surface area (Å²) in [6.45, 7) is 5.70. The molecule has 0 unspecified atom stereocenters. The van der Waals surface area contributed by atoms with Crippen molar-refractivity contribution in [2.45, 2.75) is 38.6 Å². The second kappa shape index (κ2) is 7.96. The molecule has 3 aromatic rings. The van der Waals surface area contributed by atoms with Gasteiger partial charge >= 0.3 is 0 Å². The summed E-state index contributed by atoms with van der Waals surface area (Å²) in [5.74, 6) is 0. The number of piperidine rings is 1. The number of fused-ring (bicyclic) bond motifs is 1. The van der Waals surface area contributed by atoms with Crippen molar-refractivity contribution in [2.75, 3.05) is 24.5 Å². The van der Waals surface area contributed by atoms with Crippen molar-refractivity contribution in [3.63, 3.8) is 0 Å². The number of rotatable bonds is 6. The van der Waals surface area contributed by atoms with Crippen molar-refractivity contribution in [1.82, 2.24) is 10.3 Å². The highest BCUT2D eigenvalue weighted by Crippen LogP contribution is 2.28. The van der Waals surface area contributed by atoms with Crippen LogP contribution in [0.1, 0.15) is 32.6 Å². The molecule has 0 spiro atoms. The number of nitrogens with zero attached hydrogens (tertiary/aromatic N) is 1. The maximum atomic E-state index is 3.71. The zero-order valence-electron chi connectivity index (χ0n) is 15.7. The minimum absolute atomic E-state index is 0.690. The molecule has 3 heteroatoms. The number of nitrogens with one attached hydrogen (secondary N) is 2. The summed E-state index contributed by atoms with van der Waals surface area (Å²) >= 11 is 0. The Bertz CT molecular complexity index is 810. The molecule has 136 valence electrons. The largest absolute Gasteiger partial charge is 0.371 e. The van der Waals surface area contributed by atoms with Gasteiger partial charge in [0.1, 0.15) is 0 Å². The van der Waals surface area contributed by atoms with Gasteiger partial charge in [0.05, 0.1) is 0 Å². The highest BCUT2D eigenvalue weighted by molar-refractivity contribution is 5.86. The fourth-order valence-corrected chi connectivity index (χ4v) is 3.92. The van der Waals surface area contributed by atoms with Gasteiger partial charge in [0.25, 0.3) is 0 Å². The Morgan fingerprint density at radius 3 is 2.69 bits per heavy atom. The van der Waals surface area contributed by atoms with Gasteiger partial charge in [0.15, 0.2) is 0 Å². The number of H-pyrrole nitrogens is 1. The van der Waals surface area contributed by atoms with E-state index in [1.807, 2.05) is 0 Å². The molecule has 0 aliphatic carbocycles. The Kier molecular flexibility index (Phi) is 5.26. The summed E-state index contributed by atoms with van der Waals surface area (Å²) in [7, 11) is 0. The average Bonchev–Trinajstić information content (AvgIpc) is 3.13. The van der Waals surface area contributed by atoms with Gasteiger partial charge < -0.3 is 15.2 Å². The molecule has 1 aliphatic rings. The van der Waals surface area contributed by atoms with Crippen molar-refractivity contribution < 1.29 is 0 Å². The molecular weight excluding hydrogens is 318 g/mol. The highest BCUT2D eigenvalue weighted by Gasteiger charge is 2.19. The van der Waals surface area contributed by atoms with Crippen molar-refractivity contribution in [2.24, 2.45) is 0 Å². The third-order valence-corrected chi connectivity index (χ3v) is 5.51. The van der Waals surface area contributed by atoms with Crippen LogP contribution in [-0.2, 0) is 0 Å². The van der Waals surface area contributed by atoms with Crippen LogP contribution in [-0.4, -0.2) is 30.7 Å². The molecule has 0 amide bonds. The monoisotopic (exact) mass is 347 g/mol. The smallest absolute Gasteiger partial charge is 0.0465 e. The number of unbranched alkanes of at least 4 members (excludes halogenated alkanes) is 1. The number of anilines is 1. The summed E-state index contributed by atoms with van der Waals surface area (Å²) in [4.78, 5) is 6.08. The molecule has 2 N–H and O–H groups in total. The van der Waals surface area contributed by atoms with Gasteiger partial charge in [-0.1, -0.05) is 43.7 Å². The lowest BCUT2D eigenvalue weighted by molar-refractivity contribution is 0.412. The predicted octanol–water partition coefficient (Wildman–Crippen LogP) is 5.19. The first-order valence-corrected chi connectivity index (χ1v) is 10.00. The maximum absolute atomic E-state index is 3.71. The van der Waals surface area contributed by atoms with Crippen LogP contribution in [0.4, 0.5) is 5.69 Å². The first kappa shape index (κ1) is 17.2. The molecule has 1 fully saturated rings. The zero-order chi connectivity index (χ0) is 17.8.